The molecule has 0 atom stereocenters. The van der Waals surface area contributed by atoms with Crippen molar-refractivity contribution in [2.24, 2.45) is 0 Å². The number of amides is 1. The van der Waals surface area contributed by atoms with Gasteiger partial charge in [0, 0.05) is 30.0 Å². The number of alkyl halides is 1. The van der Waals surface area contributed by atoms with Crippen LogP contribution in [0.1, 0.15) is 17.7 Å². The summed E-state index contributed by atoms with van der Waals surface area (Å²) in [5, 5.41) is 4.05. The average molecular weight is 309 g/mol. The van der Waals surface area contributed by atoms with E-state index in [9.17, 15) is 9.18 Å². The molecule has 110 valence electrons. The molecule has 1 aliphatic heterocycles. The van der Waals surface area contributed by atoms with E-state index >= 15 is 0 Å². The fourth-order valence-electron chi connectivity index (χ4n) is 2.51. The first-order chi connectivity index (χ1) is 10.2. The second kappa shape index (κ2) is 5.85. The zero-order valence-corrected chi connectivity index (χ0v) is 12.1. The lowest BCUT2D eigenvalue weighted by Gasteiger charge is -2.25. The SMILES string of the molecule is O=C(CCCl)N1CCc2c(noc2-c2ccc(F)cc2)C1. The van der Waals surface area contributed by atoms with Crippen LogP contribution < -0.4 is 0 Å². The van der Waals surface area contributed by atoms with Gasteiger partial charge in [0.25, 0.3) is 0 Å². The highest BCUT2D eigenvalue weighted by atomic mass is 35.5. The first-order valence-electron chi connectivity index (χ1n) is 6.76. The fraction of sp³-hybridized carbons (Fsp3) is 0.333. The normalized spacial score (nSPS) is 14.1. The molecule has 0 saturated carbocycles. The fourth-order valence-corrected chi connectivity index (χ4v) is 2.67. The summed E-state index contributed by atoms with van der Waals surface area (Å²) < 4.78 is 18.4. The molecular formula is C15H14ClFN2O2. The smallest absolute Gasteiger partial charge is 0.224 e. The molecular weight excluding hydrogens is 295 g/mol. The Hall–Kier alpha value is -1.88. The summed E-state index contributed by atoms with van der Waals surface area (Å²) in [5.41, 5.74) is 2.56. The number of rotatable bonds is 3. The van der Waals surface area contributed by atoms with Crippen molar-refractivity contribution in [2.45, 2.75) is 19.4 Å². The number of aromatic nitrogens is 1. The minimum atomic E-state index is -0.287. The van der Waals surface area contributed by atoms with Crippen LogP contribution in [-0.2, 0) is 17.8 Å². The van der Waals surface area contributed by atoms with Crippen molar-refractivity contribution in [2.75, 3.05) is 12.4 Å². The van der Waals surface area contributed by atoms with Crippen LogP contribution in [0.25, 0.3) is 11.3 Å². The highest BCUT2D eigenvalue weighted by Crippen LogP contribution is 2.30. The molecule has 0 N–H and O–H groups in total. The number of benzene rings is 1. The van der Waals surface area contributed by atoms with Crippen molar-refractivity contribution >= 4 is 17.5 Å². The maximum absolute atomic E-state index is 13.0. The Kier molecular flexibility index (Phi) is 3.92. The van der Waals surface area contributed by atoms with Crippen LogP contribution in [0, 0.1) is 5.82 Å². The molecule has 4 nitrogen and oxygen atoms in total. The summed E-state index contributed by atoms with van der Waals surface area (Å²) >= 11 is 5.60. The Morgan fingerprint density at radius 3 is 2.86 bits per heavy atom. The summed E-state index contributed by atoms with van der Waals surface area (Å²) in [4.78, 5) is 13.6. The molecule has 0 saturated heterocycles. The molecule has 0 fully saturated rings. The van der Waals surface area contributed by atoms with Crippen LogP contribution in [0.15, 0.2) is 28.8 Å². The topological polar surface area (TPSA) is 46.3 Å². The van der Waals surface area contributed by atoms with Gasteiger partial charge in [-0.2, -0.15) is 0 Å². The maximum atomic E-state index is 13.0. The van der Waals surface area contributed by atoms with Crippen LogP contribution in [-0.4, -0.2) is 28.4 Å². The van der Waals surface area contributed by atoms with Crippen LogP contribution in [0.3, 0.4) is 0 Å². The van der Waals surface area contributed by atoms with Crippen molar-refractivity contribution in [1.29, 1.82) is 0 Å². The molecule has 2 aromatic rings. The van der Waals surface area contributed by atoms with Crippen LogP contribution >= 0.6 is 11.6 Å². The van der Waals surface area contributed by atoms with Crippen LogP contribution in [0.4, 0.5) is 4.39 Å². The molecule has 0 aliphatic carbocycles. The van der Waals surface area contributed by atoms with Crippen LogP contribution in [0.5, 0.6) is 0 Å². The van der Waals surface area contributed by atoms with Gasteiger partial charge in [0.1, 0.15) is 11.5 Å². The molecule has 6 heteroatoms. The van der Waals surface area contributed by atoms with Crippen LogP contribution in [0.2, 0.25) is 0 Å². The molecule has 0 spiro atoms. The summed E-state index contributed by atoms with van der Waals surface area (Å²) in [5.74, 6) is 0.725. The number of hydrogen-bond donors (Lipinski definition) is 0. The van der Waals surface area contributed by atoms with Crippen molar-refractivity contribution in [3.63, 3.8) is 0 Å². The highest BCUT2D eigenvalue weighted by Gasteiger charge is 2.26. The number of fused-ring (bicyclic) bond motifs is 1. The molecule has 0 radical (unpaired) electrons. The van der Waals surface area contributed by atoms with Crippen molar-refractivity contribution in [1.82, 2.24) is 10.1 Å². The number of carbonyl (C=O) groups is 1. The molecule has 2 heterocycles. The Balaban J connectivity index is 1.84. The van der Waals surface area contributed by atoms with Gasteiger partial charge in [0.05, 0.1) is 6.54 Å². The van der Waals surface area contributed by atoms with Gasteiger partial charge >= 0.3 is 0 Å². The van der Waals surface area contributed by atoms with E-state index in [1.807, 2.05) is 0 Å². The van der Waals surface area contributed by atoms with Gasteiger partial charge < -0.3 is 9.42 Å². The standard InChI is InChI=1S/C15H14ClFN2O2/c16-7-5-14(20)19-8-6-12-13(9-19)18-21-15(12)10-1-3-11(17)4-2-10/h1-4H,5-9H2. The van der Waals surface area contributed by atoms with Gasteiger partial charge in [0.15, 0.2) is 5.76 Å². The number of halogens is 2. The first-order valence-corrected chi connectivity index (χ1v) is 7.29. The van der Waals surface area contributed by atoms with E-state index in [0.29, 0.717) is 37.6 Å². The molecule has 3 rings (SSSR count). The number of carbonyl (C=O) groups excluding carboxylic acids is 1. The second-order valence-electron chi connectivity index (χ2n) is 4.95. The second-order valence-corrected chi connectivity index (χ2v) is 5.33. The minimum Gasteiger partial charge on any atom is -0.356 e. The van der Waals surface area contributed by atoms with Crippen molar-refractivity contribution in [3.8, 4) is 11.3 Å². The summed E-state index contributed by atoms with van der Waals surface area (Å²) in [6.45, 7) is 1.06. The summed E-state index contributed by atoms with van der Waals surface area (Å²) in [7, 11) is 0. The zero-order valence-electron chi connectivity index (χ0n) is 11.3. The average Bonchev–Trinajstić information content (AvgIpc) is 2.91. The Morgan fingerprint density at radius 1 is 1.38 bits per heavy atom. The lowest BCUT2D eigenvalue weighted by atomic mass is 10.0. The summed E-state index contributed by atoms with van der Waals surface area (Å²) in [6.07, 6.45) is 1.01. The number of nitrogens with zero attached hydrogens (tertiary/aromatic N) is 2. The Bertz CT molecular complexity index is 654. The third kappa shape index (κ3) is 2.78. The predicted octanol–water partition coefficient (Wildman–Crippen LogP) is 2.99. The van der Waals surface area contributed by atoms with Gasteiger partial charge in [0.2, 0.25) is 5.91 Å². The van der Waals surface area contributed by atoms with Gasteiger partial charge in [-0.05, 0) is 30.7 Å². The van der Waals surface area contributed by atoms with Gasteiger partial charge in [-0.15, -0.1) is 11.6 Å². The van der Waals surface area contributed by atoms with E-state index in [-0.39, 0.29) is 11.7 Å². The zero-order chi connectivity index (χ0) is 14.8. The third-order valence-corrected chi connectivity index (χ3v) is 3.80. The van der Waals surface area contributed by atoms with E-state index in [0.717, 1.165) is 16.8 Å². The molecule has 1 amide bonds. The Morgan fingerprint density at radius 2 is 2.14 bits per heavy atom. The molecule has 0 bridgehead atoms. The first kappa shape index (κ1) is 14.1. The predicted molar refractivity (Wildman–Crippen MR) is 76.4 cm³/mol. The van der Waals surface area contributed by atoms with E-state index in [2.05, 4.69) is 5.16 Å². The molecule has 1 aromatic heterocycles. The summed E-state index contributed by atoms with van der Waals surface area (Å²) in [6, 6.07) is 6.12. The van der Waals surface area contributed by atoms with Crippen molar-refractivity contribution < 1.29 is 13.7 Å². The van der Waals surface area contributed by atoms with Gasteiger partial charge in [-0.3, -0.25) is 4.79 Å². The molecule has 1 aliphatic rings. The Labute approximate surface area is 126 Å². The lowest BCUT2D eigenvalue weighted by Crippen LogP contribution is -2.36. The quantitative estimate of drug-likeness (QED) is 0.819. The van der Waals surface area contributed by atoms with E-state index in [1.165, 1.54) is 12.1 Å². The molecule has 1 aromatic carbocycles. The molecule has 0 unspecified atom stereocenters. The van der Waals surface area contributed by atoms with E-state index < -0.39 is 0 Å². The van der Waals surface area contributed by atoms with E-state index in [1.54, 1.807) is 17.0 Å². The lowest BCUT2D eigenvalue weighted by molar-refractivity contribution is -0.131. The largest absolute Gasteiger partial charge is 0.356 e. The number of hydrogen-bond acceptors (Lipinski definition) is 3. The monoisotopic (exact) mass is 308 g/mol. The van der Waals surface area contributed by atoms with Gasteiger partial charge in [-0.1, -0.05) is 5.16 Å². The highest BCUT2D eigenvalue weighted by molar-refractivity contribution is 6.18. The van der Waals surface area contributed by atoms with E-state index in [4.69, 9.17) is 16.1 Å². The minimum absolute atomic E-state index is 0.0296. The maximum Gasteiger partial charge on any atom is 0.224 e. The third-order valence-electron chi connectivity index (χ3n) is 3.61. The molecule has 21 heavy (non-hydrogen) atoms. The van der Waals surface area contributed by atoms with Crippen molar-refractivity contribution in [3.05, 3.63) is 41.3 Å². The van der Waals surface area contributed by atoms with Gasteiger partial charge in [-0.25, -0.2) is 4.39 Å².